The van der Waals surface area contributed by atoms with Crippen LogP contribution in [0, 0.1) is 0 Å². The molecule has 30 heavy (non-hydrogen) atoms. The lowest BCUT2D eigenvalue weighted by Gasteiger charge is -2.31. The molecule has 4 heteroatoms. The minimum absolute atomic E-state index is 0.172. The van der Waals surface area contributed by atoms with Gasteiger partial charge in [-0.15, -0.1) is 0 Å². The molecule has 2 fully saturated rings. The van der Waals surface area contributed by atoms with Crippen LogP contribution in [0.2, 0.25) is 0 Å². The molecule has 0 N–H and O–H groups in total. The summed E-state index contributed by atoms with van der Waals surface area (Å²) in [6.07, 6.45) is 9.41. The van der Waals surface area contributed by atoms with Crippen molar-refractivity contribution in [2.24, 2.45) is 0 Å². The molecule has 4 atom stereocenters. The van der Waals surface area contributed by atoms with Gasteiger partial charge in [-0.2, -0.15) is 0 Å². The van der Waals surface area contributed by atoms with Crippen LogP contribution in [-0.4, -0.2) is 58.6 Å². The zero-order valence-electron chi connectivity index (χ0n) is 19.4. The van der Waals surface area contributed by atoms with Gasteiger partial charge in [-0.1, -0.05) is 38.3 Å². The number of unbranched alkanes of at least 4 members (excludes halogenated alkanes) is 3. The van der Waals surface area contributed by atoms with Gasteiger partial charge < -0.3 is 9.47 Å². The molecule has 0 spiro atoms. The molecule has 1 aliphatic carbocycles. The van der Waals surface area contributed by atoms with E-state index in [4.69, 9.17) is 0 Å². The van der Waals surface area contributed by atoms with Crippen molar-refractivity contribution in [2.75, 3.05) is 27.2 Å². The number of nitrogens with zero attached hydrogens (tertiary/aromatic N) is 3. The van der Waals surface area contributed by atoms with Crippen LogP contribution in [-0.2, 0) is 11.2 Å². The Labute approximate surface area is 181 Å². The molecule has 3 heterocycles. The first-order chi connectivity index (χ1) is 14.3. The normalized spacial score (nSPS) is 31.1. The van der Waals surface area contributed by atoms with E-state index in [0.29, 0.717) is 23.9 Å². The summed E-state index contributed by atoms with van der Waals surface area (Å²) in [7, 11) is 4.40. The highest BCUT2D eigenvalue weighted by molar-refractivity contribution is 5.91. The van der Waals surface area contributed by atoms with Gasteiger partial charge >= 0.3 is 0 Å². The number of benzene rings is 1. The highest BCUT2D eigenvalue weighted by Gasteiger charge is 2.81. The number of carbonyl (C=O) groups is 1. The largest absolute Gasteiger partial charge is 0.345 e. The van der Waals surface area contributed by atoms with Gasteiger partial charge in [0.2, 0.25) is 5.54 Å². The number of rotatable bonds is 7. The lowest BCUT2D eigenvalue weighted by Crippen LogP contribution is -2.46. The van der Waals surface area contributed by atoms with E-state index in [1.54, 1.807) is 0 Å². The maximum Gasteiger partial charge on any atom is 0.289 e. The molecule has 3 aliphatic rings. The van der Waals surface area contributed by atoms with E-state index in [9.17, 15) is 4.79 Å². The van der Waals surface area contributed by atoms with Gasteiger partial charge in [-0.25, -0.2) is 0 Å². The van der Waals surface area contributed by atoms with Gasteiger partial charge in [-0.3, -0.25) is 9.28 Å². The van der Waals surface area contributed by atoms with E-state index < -0.39 is 0 Å². The predicted octanol–water partition coefficient (Wildman–Crippen LogP) is 4.87. The number of amides is 1. The molecule has 0 saturated carbocycles. The number of carbonyl (C=O) groups excluding carboxylic acids is 1. The zero-order valence-corrected chi connectivity index (χ0v) is 19.4. The van der Waals surface area contributed by atoms with Crippen LogP contribution in [0.25, 0.3) is 10.9 Å². The third kappa shape index (κ3) is 2.58. The van der Waals surface area contributed by atoms with E-state index >= 15 is 0 Å². The van der Waals surface area contributed by atoms with E-state index in [-0.39, 0.29) is 5.54 Å². The second kappa shape index (κ2) is 6.85. The lowest BCUT2D eigenvalue weighted by molar-refractivity contribution is -0.819. The smallest absolute Gasteiger partial charge is 0.289 e. The van der Waals surface area contributed by atoms with E-state index in [1.807, 2.05) is 7.05 Å². The Bertz CT molecular complexity index is 992. The summed E-state index contributed by atoms with van der Waals surface area (Å²) in [4.78, 5) is 15.7. The number of likely N-dealkylation sites (N-methyl/N-ethyl adjacent to an activating group) is 2. The molecule has 2 aromatic rings. The van der Waals surface area contributed by atoms with Gasteiger partial charge in [0, 0.05) is 55.5 Å². The number of aromatic nitrogens is 1. The van der Waals surface area contributed by atoms with Crippen LogP contribution >= 0.6 is 0 Å². The molecular formula is C26H38N3O+. The molecule has 0 bridgehead atoms. The number of hydrogen-bond acceptors (Lipinski definition) is 1. The minimum Gasteiger partial charge on any atom is -0.345 e. The summed E-state index contributed by atoms with van der Waals surface area (Å²) in [5.41, 5.74) is 4.21. The highest BCUT2D eigenvalue weighted by atomic mass is 16.2. The van der Waals surface area contributed by atoms with Crippen LogP contribution in [0.4, 0.5) is 0 Å². The molecule has 1 amide bonds. The van der Waals surface area contributed by atoms with Crippen molar-refractivity contribution in [2.45, 2.75) is 82.8 Å². The van der Waals surface area contributed by atoms with E-state index in [1.165, 1.54) is 41.3 Å². The van der Waals surface area contributed by atoms with Gasteiger partial charge in [-0.05, 0) is 37.5 Å². The van der Waals surface area contributed by atoms with E-state index in [0.717, 1.165) is 36.8 Å². The lowest BCUT2D eigenvalue weighted by atomic mass is 9.77. The average molecular weight is 409 g/mol. The number of fused-ring (bicyclic) bond motifs is 4. The Morgan fingerprint density at radius 1 is 1.30 bits per heavy atom. The molecular weight excluding hydrogens is 370 g/mol. The van der Waals surface area contributed by atoms with Crippen molar-refractivity contribution >= 4 is 16.8 Å². The van der Waals surface area contributed by atoms with Crippen LogP contribution in [0.5, 0.6) is 0 Å². The highest BCUT2D eigenvalue weighted by Crippen LogP contribution is 2.63. The first-order valence-corrected chi connectivity index (χ1v) is 12.1. The Morgan fingerprint density at radius 3 is 2.83 bits per heavy atom. The Kier molecular flexibility index (Phi) is 4.59. The maximum absolute atomic E-state index is 13.6. The van der Waals surface area contributed by atoms with Crippen LogP contribution in [0.3, 0.4) is 0 Å². The Hall–Kier alpha value is -1.81. The molecule has 1 aromatic heterocycles. The fraction of sp³-hybridized carbons (Fsp3) is 0.654. The van der Waals surface area contributed by atoms with Crippen molar-refractivity contribution in [3.63, 3.8) is 0 Å². The second-order valence-corrected chi connectivity index (χ2v) is 10.7. The van der Waals surface area contributed by atoms with Crippen molar-refractivity contribution in [3.8, 4) is 0 Å². The molecule has 162 valence electrons. The van der Waals surface area contributed by atoms with Gasteiger partial charge in [0.25, 0.3) is 5.91 Å². The van der Waals surface area contributed by atoms with Crippen LogP contribution < -0.4 is 0 Å². The summed E-state index contributed by atoms with van der Waals surface area (Å²) in [5.74, 6) is 0.917. The standard InChI is InChI=1S/C26H38N3O/c1-6-7-8-9-13-27(4)25(30)26-15-21-20-11-10-12-22-24(20)19(16-28(22)18(2)3)14-23(21)29(26,5)17-26/h10-12,16,18,21,23H,6-9,13-15,17H2,1-5H3/q+1/t21?,23-,26-,29?/m1/s1. The monoisotopic (exact) mass is 408 g/mol. The summed E-state index contributed by atoms with van der Waals surface area (Å²) >= 11 is 0. The second-order valence-electron chi connectivity index (χ2n) is 10.7. The molecule has 5 rings (SSSR count). The van der Waals surface area contributed by atoms with Crippen molar-refractivity contribution in [3.05, 3.63) is 35.5 Å². The summed E-state index contributed by atoms with van der Waals surface area (Å²) in [6, 6.07) is 7.87. The summed E-state index contributed by atoms with van der Waals surface area (Å²) < 4.78 is 3.40. The van der Waals surface area contributed by atoms with Gasteiger partial charge in [0.05, 0.1) is 7.05 Å². The maximum atomic E-state index is 13.6. The number of quaternary nitrogens is 1. The fourth-order valence-corrected chi connectivity index (χ4v) is 6.92. The molecule has 0 radical (unpaired) electrons. The summed E-state index contributed by atoms with van der Waals surface area (Å²) in [5, 5.41) is 1.48. The average Bonchev–Trinajstić information content (AvgIpc) is 3.03. The number of hydrogen-bond donors (Lipinski definition) is 0. The first kappa shape index (κ1) is 20.1. The SMILES string of the molecule is CCCCCCN(C)C(=O)[C@]12CC3c4cccc5c4c(cn5C(C)C)C[C@H]3[N+]1(C)C2. The predicted molar refractivity (Wildman–Crippen MR) is 123 cm³/mol. The zero-order chi connectivity index (χ0) is 21.3. The topological polar surface area (TPSA) is 25.2 Å². The third-order valence-corrected chi connectivity index (χ3v) is 8.66. The quantitative estimate of drug-likeness (QED) is 0.364. The molecule has 1 aromatic carbocycles. The van der Waals surface area contributed by atoms with E-state index in [2.05, 4.69) is 61.7 Å². The van der Waals surface area contributed by atoms with Crippen molar-refractivity contribution in [1.82, 2.24) is 9.47 Å². The Balaban J connectivity index is 1.43. The van der Waals surface area contributed by atoms with Crippen molar-refractivity contribution in [1.29, 1.82) is 0 Å². The molecule has 4 nitrogen and oxygen atoms in total. The number of piperidine rings is 1. The summed E-state index contributed by atoms with van der Waals surface area (Å²) in [6.45, 7) is 8.72. The Morgan fingerprint density at radius 2 is 2.10 bits per heavy atom. The van der Waals surface area contributed by atoms with Gasteiger partial charge in [0.15, 0.2) is 0 Å². The minimum atomic E-state index is -0.172. The fourth-order valence-electron chi connectivity index (χ4n) is 6.92. The first-order valence-electron chi connectivity index (χ1n) is 12.1. The molecule has 2 unspecified atom stereocenters. The van der Waals surface area contributed by atoms with Crippen LogP contribution in [0.15, 0.2) is 24.4 Å². The molecule has 2 saturated heterocycles. The van der Waals surface area contributed by atoms with Crippen molar-refractivity contribution < 1.29 is 9.28 Å². The third-order valence-electron chi connectivity index (χ3n) is 8.66. The van der Waals surface area contributed by atoms with Crippen LogP contribution in [0.1, 0.15) is 76.0 Å². The van der Waals surface area contributed by atoms with Gasteiger partial charge in [0.1, 0.15) is 12.6 Å². The molecule has 2 aliphatic heterocycles.